The summed E-state index contributed by atoms with van der Waals surface area (Å²) in [6, 6.07) is -0.325. The number of carbonyl (C=O) groups excluding carboxylic acids is 1. The largest absolute Gasteiger partial charge is 0.480 e. The summed E-state index contributed by atoms with van der Waals surface area (Å²) in [6.45, 7) is 6.58. The van der Waals surface area contributed by atoms with Crippen molar-refractivity contribution in [1.82, 2.24) is 15.1 Å². The van der Waals surface area contributed by atoms with Gasteiger partial charge in [-0.05, 0) is 34.4 Å². The van der Waals surface area contributed by atoms with Crippen LogP contribution in [0.25, 0.3) is 0 Å². The summed E-state index contributed by atoms with van der Waals surface area (Å²) in [6.07, 6.45) is 0.734. The number of nitrogens with zero attached hydrogens (tertiary/aromatic N) is 2. The van der Waals surface area contributed by atoms with Gasteiger partial charge in [0.05, 0.1) is 0 Å². The van der Waals surface area contributed by atoms with Crippen LogP contribution in [0.4, 0.5) is 4.79 Å². The van der Waals surface area contributed by atoms with E-state index in [9.17, 15) is 9.59 Å². The van der Waals surface area contributed by atoms with Crippen molar-refractivity contribution in [2.24, 2.45) is 0 Å². The van der Waals surface area contributed by atoms with Gasteiger partial charge in [-0.15, -0.1) is 0 Å². The fourth-order valence-corrected chi connectivity index (χ4v) is 1.25. The highest BCUT2D eigenvalue weighted by Crippen LogP contribution is 2.08. The van der Waals surface area contributed by atoms with Gasteiger partial charge in [-0.25, -0.2) is 4.79 Å². The SMILES string of the molecule is CCCN(CC(=O)O)C(=O)NCC(C)(C)N(C)C. The average Bonchev–Trinajstić information content (AvgIpc) is 2.24. The Labute approximate surface area is 109 Å². The van der Waals surface area contributed by atoms with Gasteiger partial charge in [-0.3, -0.25) is 4.79 Å². The van der Waals surface area contributed by atoms with Gasteiger partial charge in [0, 0.05) is 18.6 Å². The molecule has 0 unspecified atom stereocenters. The van der Waals surface area contributed by atoms with Crippen molar-refractivity contribution in [3.05, 3.63) is 0 Å². The van der Waals surface area contributed by atoms with Gasteiger partial charge < -0.3 is 20.2 Å². The Balaban J connectivity index is 4.38. The predicted molar refractivity (Wildman–Crippen MR) is 70.7 cm³/mol. The molecule has 0 saturated heterocycles. The molecule has 0 aromatic rings. The van der Waals surface area contributed by atoms with Crippen molar-refractivity contribution in [2.45, 2.75) is 32.7 Å². The number of rotatable bonds is 7. The second kappa shape index (κ2) is 7.20. The van der Waals surface area contributed by atoms with E-state index in [1.807, 2.05) is 39.8 Å². The molecule has 0 aromatic carbocycles. The van der Waals surface area contributed by atoms with Gasteiger partial charge in [0.2, 0.25) is 0 Å². The van der Waals surface area contributed by atoms with E-state index in [1.165, 1.54) is 4.90 Å². The van der Waals surface area contributed by atoms with Crippen LogP contribution < -0.4 is 5.32 Å². The second-order valence-electron chi connectivity index (χ2n) is 5.18. The van der Waals surface area contributed by atoms with E-state index in [4.69, 9.17) is 5.11 Å². The van der Waals surface area contributed by atoms with E-state index in [0.717, 1.165) is 6.42 Å². The molecule has 2 amide bonds. The smallest absolute Gasteiger partial charge is 0.323 e. The molecule has 0 fully saturated rings. The van der Waals surface area contributed by atoms with Crippen LogP contribution in [0.1, 0.15) is 27.2 Å². The predicted octanol–water partition coefficient (Wildman–Crippen LogP) is 0.833. The van der Waals surface area contributed by atoms with Crippen LogP contribution in [0.3, 0.4) is 0 Å². The zero-order valence-corrected chi connectivity index (χ0v) is 12.0. The maximum Gasteiger partial charge on any atom is 0.323 e. The molecule has 0 aliphatic carbocycles. The minimum Gasteiger partial charge on any atom is -0.480 e. The van der Waals surface area contributed by atoms with Crippen molar-refractivity contribution < 1.29 is 14.7 Å². The van der Waals surface area contributed by atoms with Gasteiger partial charge in [0.15, 0.2) is 0 Å². The fraction of sp³-hybridized carbons (Fsp3) is 0.833. The highest BCUT2D eigenvalue weighted by molar-refractivity contribution is 5.80. The van der Waals surface area contributed by atoms with Gasteiger partial charge in [0.25, 0.3) is 0 Å². The second-order valence-corrected chi connectivity index (χ2v) is 5.18. The molecule has 0 radical (unpaired) electrons. The zero-order valence-electron chi connectivity index (χ0n) is 12.0. The number of carbonyl (C=O) groups is 2. The van der Waals surface area contributed by atoms with E-state index in [-0.39, 0.29) is 18.1 Å². The summed E-state index contributed by atoms with van der Waals surface area (Å²) < 4.78 is 0. The van der Waals surface area contributed by atoms with Crippen molar-refractivity contribution in [2.75, 3.05) is 33.7 Å². The lowest BCUT2D eigenvalue weighted by atomic mass is 10.0. The number of hydrogen-bond donors (Lipinski definition) is 2. The quantitative estimate of drug-likeness (QED) is 0.710. The molecule has 2 N–H and O–H groups in total. The molecular formula is C12H25N3O3. The van der Waals surface area contributed by atoms with Crippen LogP contribution in [0.2, 0.25) is 0 Å². The molecule has 0 bridgehead atoms. The lowest BCUT2D eigenvalue weighted by Gasteiger charge is -2.33. The Morgan fingerprint density at radius 2 is 1.83 bits per heavy atom. The van der Waals surface area contributed by atoms with Crippen LogP contribution in [-0.4, -0.2) is 66.2 Å². The molecule has 0 spiro atoms. The number of aliphatic carboxylic acids is 1. The summed E-state index contributed by atoms with van der Waals surface area (Å²) in [5.41, 5.74) is -0.170. The topological polar surface area (TPSA) is 72.9 Å². The highest BCUT2D eigenvalue weighted by Gasteiger charge is 2.23. The summed E-state index contributed by atoms with van der Waals surface area (Å²) in [4.78, 5) is 25.9. The van der Waals surface area contributed by atoms with Crippen LogP contribution in [0.5, 0.6) is 0 Å². The molecular weight excluding hydrogens is 234 g/mol. The monoisotopic (exact) mass is 259 g/mol. The van der Waals surface area contributed by atoms with E-state index >= 15 is 0 Å². The molecule has 0 rings (SSSR count). The van der Waals surface area contributed by atoms with Crippen molar-refractivity contribution in [3.63, 3.8) is 0 Å². The van der Waals surface area contributed by atoms with E-state index in [2.05, 4.69) is 5.32 Å². The van der Waals surface area contributed by atoms with Gasteiger partial charge in [0.1, 0.15) is 6.54 Å². The highest BCUT2D eigenvalue weighted by atomic mass is 16.4. The first-order valence-corrected chi connectivity index (χ1v) is 6.12. The van der Waals surface area contributed by atoms with Crippen LogP contribution in [0, 0.1) is 0 Å². The third-order valence-electron chi connectivity index (χ3n) is 2.99. The Kier molecular flexibility index (Phi) is 6.68. The number of carboxylic acids is 1. The molecule has 0 saturated carbocycles. The summed E-state index contributed by atoms with van der Waals surface area (Å²) in [5, 5.41) is 11.5. The Morgan fingerprint density at radius 1 is 1.28 bits per heavy atom. The van der Waals surface area contributed by atoms with E-state index < -0.39 is 5.97 Å². The van der Waals surface area contributed by atoms with Gasteiger partial charge >= 0.3 is 12.0 Å². The van der Waals surface area contributed by atoms with Crippen molar-refractivity contribution in [3.8, 4) is 0 Å². The molecule has 0 aromatic heterocycles. The van der Waals surface area contributed by atoms with Crippen molar-refractivity contribution in [1.29, 1.82) is 0 Å². The third kappa shape index (κ3) is 5.86. The van der Waals surface area contributed by atoms with Crippen LogP contribution in [0.15, 0.2) is 0 Å². The number of hydrogen-bond acceptors (Lipinski definition) is 3. The number of urea groups is 1. The average molecular weight is 259 g/mol. The van der Waals surface area contributed by atoms with E-state index in [0.29, 0.717) is 13.1 Å². The lowest BCUT2D eigenvalue weighted by molar-refractivity contribution is -0.137. The Morgan fingerprint density at radius 3 is 2.22 bits per heavy atom. The van der Waals surface area contributed by atoms with Gasteiger partial charge in [-0.1, -0.05) is 6.92 Å². The Bertz CT molecular complexity index is 290. The lowest BCUT2D eigenvalue weighted by Crippen LogP contribution is -2.52. The molecule has 6 nitrogen and oxygen atoms in total. The normalized spacial score (nSPS) is 11.4. The number of amides is 2. The Hall–Kier alpha value is -1.30. The molecule has 0 atom stereocenters. The number of likely N-dealkylation sites (N-methyl/N-ethyl adjacent to an activating group) is 1. The minimum absolute atomic E-state index is 0.170. The first-order chi connectivity index (χ1) is 8.20. The molecule has 18 heavy (non-hydrogen) atoms. The third-order valence-corrected chi connectivity index (χ3v) is 2.99. The first-order valence-electron chi connectivity index (χ1n) is 6.12. The molecule has 0 heterocycles. The fourth-order valence-electron chi connectivity index (χ4n) is 1.25. The van der Waals surface area contributed by atoms with Gasteiger partial charge in [-0.2, -0.15) is 0 Å². The van der Waals surface area contributed by atoms with Crippen LogP contribution in [-0.2, 0) is 4.79 Å². The standard InChI is InChI=1S/C12H25N3O3/c1-6-7-15(8-10(16)17)11(18)13-9-12(2,3)14(4)5/h6-9H2,1-5H3,(H,13,18)(H,16,17). The molecule has 106 valence electrons. The minimum atomic E-state index is -0.995. The maximum absolute atomic E-state index is 11.9. The summed E-state index contributed by atoms with van der Waals surface area (Å²) in [5.74, 6) is -0.995. The summed E-state index contributed by atoms with van der Waals surface area (Å²) in [7, 11) is 3.88. The molecule has 0 aliphatic rings. The maximum atomic E-state index is 11.9. The molecule has 6 heteroatoms. The summed E-state index contributed by atoms with van der Waals surface area (Å²) >= 11 is 0. The van der Waals surface area contributed by atoms with Crippen LogP contribution >= 0.6 is 0 Å². The van der Waals surface area contributed by atoms with E-state index in [1.54, 1.807) is 0 Å². The number of nitrogens with one attached hydrogen (secondary N) is 1. The van der Waals surface area contributed by atoms with Crippen molar-refractivity contribution >= 4 is 12.0 Å². The zero-order chi connectivity index (χ0) is 14.3. The first kappa shape index (κ1) is 16.7. The molecule has 0 aliphatic heterocycles. The number of carboxylic acid groups (broad SMARTS) is 1.